The number of hydrogen-bond donors (Lipinski definition) is 0. The lowest BCUT2D eigenvalue weighted by molar-refractivity contribution is 0.594. The zero-order chi connectivity index (χ0) is 14.0. The SMILES string of the molecule is CN(c1cc(Cl)ccc1Cl)S(=O)(=O)c1ccccc1. The van der Waals surface area contributed by atoms with Gasteiger partial charge in [-0.1, -0.05) is 41.4 Å². The van der Waals surface area contributed by atoms with Crippen molar-refractivity contribution in [2.24, 2.45) is 0 Å². The van der Waals surface area contributed by atoms with Gasteiger partial charge in [-0.3, -0.25) is 4.31 Å². The molecule has 0 amide bonds. The first-order valence-electron chi connectivity index (χ1n) is 5.42. The van der Waals surface area contributed by atoms with Crippen molar-refractivity contribution in [3.63, 3.8) is 0 Å². The van der Waals surface area contributed by atoms with Gasteiger partial charge in [0.2, 0.25) is 0 Å². The molecule has 0 unspecified atom stereocenters. The lowest BCUT2D eigenvalue weighted by atomic mass is 10.3. The van der Waals surface area contributed by atoms with Crippen molar-refractivity contribution >= 4 is 38.9 Å². The minimum absolute atomic E-state index is 0.202. The summed E-state index contributed by atoms with van der Waals surface area (Å²) in [7, 11) is -2.20. The normalized spacial score (nSPS) is 11.3. The Bertz CT molecular complexity index is 687. The highest BCUT2D eigenvalue weighted by molar-refractivity contribution is 7.92. The van der Waals surface area contributed by atoms with Crippen molar-refractivity contribution in [1.29, 1.82) is 0 Å². The summed E-state index contributed by atoms with van der Waals surface area (Å²) in [6, 6.07) is 12.8. The summed E-state index contributed by atoms with van der Waals surface area (Å²) in [6.45, 7) is 0. The molecular formula is C13H11Cl2NO2S. The molecule has 0 saturated carbocycles. The molecule has 0 bridgehead atoms. The molecule has 2 aromatic carbocycles. The molecule has 0 radical (unpaired) electrons. The minimum Gasteiger partial charge on any atom is -0.268 e. The van der Waals surface area contributed by atoms with Gasteiger partial charge in [0.15, 0.2) is 0 Å². The summed E-state index contributed by atoms with van der Waals surface area (Å²) in [5.74, 6) is 0. The van der Waals surface area contributed by atoms with Gasteiger partial charge in [-0.05, 0) is 30.3 Å². The van der Waals surface area contributed by atoms with Crippen molar-refractivity contribution in [1.82, 2.24) is 0 Å². The first-order chi connectivity index (χ1) is 8.93. The van der Waals surface area contributed by atoms with E-state index in [9.17, 15) is 8.42 Å². The molecule has 0 N–H and O–H groups in total. The third-order valence-electron chi connectivity index (χ3n) is 2.65. The van der Waals surface area contributed by atoms with E-state index in [2.05, 4.69) is 0 Å². The van der Waals surface area contributed by atoms with Crippen LogP contribution < -0.4 is 4.31 Å². The monoisotopic (exact) mass is 315 g/mol. The Balaban J connectivity index is 2.50. The third-order valence-corrected chi connectivity index (χ3v) is 4.99. The summed E-state index contributed by atoms with van der Waals surface area (Å²) in [5, 5.41) is 0.751. The second-order valence-electron chi connectivity index (χ2n) is 3.88. The number of halogens is 2. The summed E-state index contributed by atoms with van der Waals surface area (Å²) in [5.41, 5.74) is 0.345. The molecule has 19 heavy (non-hydrogen) atoms. The van der Waals surface area contributed by atoms with Crippen LogP contribution in [0.4, 0.5) is 5.69 Å². The summed E-state index contributed by atoms with van der Waals surface area (Å²) in [6.07, 6.45) is 0. The summed E-state index contributed by atoms with van der Waals surface area (Å²) < 4.78 is 26.0. The van der Waals surface area contributed by atoms with Gasteiger partial charge in [-0.15, -0.1) is 0 Å². The molecule has 0 aromatic heterocycles. The molecular weight excluding hydrogens is 305 g/mol. The fourth-order valence-corrected chi connectivity index (χ4v) is 3.30. The van der Waals surface area contributed by atoms with E-state index in [-0.39, 0.29) is 4.90 Å². The molecule has 100 valence electrons. The maximum absolute atomic E-state index is 12.4. The number of rotatable bonds is 3. The standard InChI is InChI=1S/C13H11Cl2NO2S/c1-16(13-9-10(14)7-8-12(13)15)19(17,18)11-5-3-2-4-6-11/h2-9H,1H3. The van der Waals surface area contributed by atoms with Crippen LogP contribution in [0.5, 0.6) is 0 Å². The highest BCUT2D eigenvalue weighted by Crippen LogP contribution is 2.31. The molecule has 3 nitrogen and oxygen atoms in total. The Morgan fingerprint density at radius 3 is 2.26 bits per heavy atom. The number of hydrogen-bond acceptors (Lipinski definition) is 2. The Morgan fingerprint density at radius 1 is 1.00 bits per heavy atom. The maximum atomic E-state index is 12.4. The van der Waals surface area contributed by atoms with Gasteiger partial charge >= 0.3 is 0 Å². The largest absolute Gasteiger partial charge is 0.268 e. The topological polar surface area (TPSA) is 37.4 Å². The predicted molar refractivity (Wildman–Crippen MR) is 78.5 cm³/mol. The lowest BCUT2D eigenvalue weighted by Crippen LogP contribution is -2.26. The highest BCUT2D eigenvalue weighted by Gasteiger charge is 2.22. The van der Waals surface area contributed by atoms with E-state index in [4.69, 9.17) is 23.2 Å². The van der Waals surface area contributed by atoms with Gasteiger partial charge in [0.1, 0.15) is 0 Å². The first-order valence-corrected chi connectivity index (χ1v) is 7.61. The molecule has 0 spiro atoms. The molecule has 2 aromatic rings. The molecule has 0 fully saturated rings. The molecule has 0 aliphatic carbocycles. The van der Waals surface area contributed by atoms with E-state index in [1.165, 1.54) is 25.2 Å². The smallest absolute Gasteiger partial charge is 0.264 e. The fourth-order valence-electron chi connectivity index (χ4n) is 1.61. The lowest BCUT2D eigenvalue weighted by Gasteiger charge is -2.20. The van der Waals surface area contributed by atoms with E-state index in [0.717, 1.165) is 4.31 Å². The van der Waals surface area contributed by atoms with Crippen LogP contribution in [-0.4, -0.2) is 15.5 Å². The Labute approximate surface area is 122 Å². The van der Waals surface area contributed by atoms with Crippen LogP contribution in [0.25, 0.3) is 0 Å². The van der Waals surface area contributed by atoms with Gasteiger partial charge in [0.25, 0.3) is 10.0 Å². The molecule has 6 heteroatoms. The van der Waals surface area contributed by atoms with Gasteiger partial charge < -0.3 is 0 Å². The second-order valence-corrected chi connectivity index (χ2v) is 6.69. The summed E-state index contributed by atoms with van der Waals surface area (Å²) >= 11 is 11.9. The van der Waals surface area contributed by atoms with E-state index >= 15 is 0 Å². The van der Waals surface area contributed by atoms with Crippen LogP contribution in [0, 0.1) is 0 Å². The number of benzene rings is 2. The van der Waals surface area contributed by atoms with E-state index in [0.29, 0.717) is 15.7 Å². The number of sulfonamides is 1. The van der Waals surface area contributed by atoms with Crippen LogP contribution in [0.2, 0.25) is 10.0 Å². The van der Waals surface area contributed by atoms with Gasteiger partial charge in [-0.25, -0.2) is 8.42 Å². The zero-order valence-corrected chi connectivity index (χ0v) is 12.4. The van der Waals surface area contributed by atoms with Crippen molar-refractivity contribution in [3.05, 3.63) is 58.6 Å². The Hall–Kier alpha value is -1.23. The number of anilines is 1. The van der Waals surface area contributed by atoms with Crippen molar-refractivity contribution < 1.29 is 8.42 Å². The zero-order valence-electron chi connectivity index (χ0n) is 10.0. The second kappa shape index (κ2) is 5.41. The Kier molecular flexibility index (Phi) is 4.04. The van der Waals surface area contributed by atoms with Crippen LogP contribution in [0.3, 0.4) is 0 Å². The van der Waals surface area contributed by atoms with Crippen LogP contribution in [0.15, 0.2) is 53.4 Å². The predicted octanol–water partition coefficient (Wildman–Crippen LogP) is 3.82. The maximum Gasteiger partial charge on any atom is 0.264 e. The molecule has 0 aliphatic heterocycles. The average Bonchev–Trinajstić information content (AvgIpc) is 2.41. The molecule has 0 atom stereocenters. The van der Waals surface area contributed by atoms with Crippen molar-refractivity contribution in [2.75, 3.05) is 11.4 Å². The van der Waals surface area contributed by atoms with Crippen molar-refractivity contribution in [3.8, 4) is 0 Å². The van der Waals surface area contributed by atoms with E-state index < -0.39 is 10.0 Å². The van der Waals surface area contributed by atoms with Crippen LogP contribution in [0.1, 0.15) is 0 Å². The quantitative estimate of drug-likeness (QED) is 0.863. The molecule has 0 aliphatic rings. The minimum atomic E-state index is -3.64. The van der Waals surface area contributed by atoms with Gasteiger partial charge in [-0.2, -0.15) is 0 Å². The number of nitrogens with zero attached hydrogens (tertiary/aromatic N) is 1. The van der Waals surface area contributed by atoms with E-state index in [1.54, 1.807) is 30.3 Å². The van der Waals surface area contributed by atoms with Crippen molar-refractivity contribution in [2.45, 2.75) is 4.90 Å². The fraction of sp³-hybridized carbons (Fsp3) is 0.0769. The highest BCUT2D eigenvalue weighted by atomic mass is 35.5. The van der Waals surface area contributed by atoms with Gasteiger partial charge in [0, 0.05) is 12.1 Å². The Morgan fingerprint density at radius 2 is 1.63 bits per heavy atom. The van der Waals surface area contributed by atoms with Gasteiger partial charge in [0.05, 0.1) is 15.6 Å². The van der Waals surface area contributed by atoms with Crippen LogP contribution in [-0.2, 0) is 10.0 Å². The molecule has 0 heterocycles. The van der Waals surface area contributed by atoms with E-state index in [1.807, 2.05) is 0 Å². The van der Waals surface area contributed by atoms with Crippen LogP contribution >= 0.6 is 23.2 Å². The first kappa shape index (κ1) is 14.2. The molecule has 2 rings (SSSR count). The average molecular weight is 316 g/mol. The third kappa shape index (κ3) is 2.86. The summed E-state index contributed by atoms with van der Waals surface area (Å²) in [4.78, 5) is 0.202. The molecule has 0 saturated heterocycles.